The molecule has 40 heavy (non-hydrogen) atoms. The normalized spacial score (nSPS) is 23.2. The van der Waals surface area contributed by atoms with Crippen LogP contribution in [-0.4, -0.2) is 61.1 Å². The van der Waals surface area contributed by atoms with Gasteiger partial charge in [-0.1, -0.05) is 39.3 Å². The first-order chi connectivity index (χ1) is 19.0. The Kier molecular flexibility index (Phi) is 7.84. The van der Waals surface area contributed by atoms with Crippen molar-refractivity contribution in [3.63, 3.8) is 0 Å². The molecule has 2 fully saturated rings. The number of nitrogens with zero attached hydrogens (tertiary/aromatic N) is 2. The van der Waals surface area contributed by atoms with E-state index >= 15 is 0 Å². The first kappa shape index (κ1) is 28.4. The highest BCUT2D eigenvalue weighted by Gasteiger charge is 2.67. The molecule has 0 atom stereocenters. The number of rotatable bonds is 8. The summed E-state index contributed by atoms with van der Waals surface area (Å²) in [6.07, 6.45) is 2.04. The second-order valence-electron chi connectivity index (χ2n) is 12.3. The van der Waals surface area contributed by atoms with Crippen LogP contribution in [0.5, 0.6) is 5.75 Å². The lowest BCUT2D eigenvalue weighted by molar-refractivity contribution is -0.199. The van der Waals surface area contributed by atoms with E-state index in [0.29, 0.717) is 46.6 Å². The fourth-order valence-corrected chi connectivity index (χ4v) is 7.50. The van der Waals surface area contributed by atoms with Crippen molar-refractivity contribution >= 4 is 23.4 Å². The van der Waals surface area contributed by atoms with Crippen molar-refractivity contribution in [2.45, 2.75) is 65.3 Å². The lowest BCUT2D eigenvalue weighted by Crippen LogP contribution is -2.74. The largest absolute Gasteiger partial charge is 0.489 e. The van der Waals surface area contributed by atoms with Crippen LogP contribution in [0.3, 0.4) is 0 Å². The molecule has 5 rings (SSSR count). The highest BCUT2D eigenvalue weighted by Crippen LogP contribution is 2.59. The molecule has 9 heteroatoms. The van der Waals surface area contributed by atoms with Crippen molar-refractivity contribution in [2.24, 2.45) is 10.8 Å². The van der Waals surface area contributed by atoms with Gasteiger partial charge in [-0.15, -0.1) is 0 Å². The molecule has 2 heterocycles. The number of nitriles is 1. The topological polar surface area (TPSA) is 106 Å². The molecule has 1 aliphatic carbocycles. The Bertz CT molecular complexity index is 1330. The highest BCUT2D eigenvalue weighted by atomic mass is 35.5. The van der Waals surface area contributed by atoms with Crippen LogP contribution in [0, 0.1) is 22.2 Å². The maximum Gasteiger partial charge on any atom is 0.254 e. The van der Waals surface area contributed by atoms with Crippen LogP contribution >= 0.6 is 11.6 Å². The van der Waals surface area contributed by atoms with Gasteiger partial charge in [0.15, 0.2) is 0 Å². The second-order valence-corrected chi connectivity index (χ2v) is 12.7. The summed E-state index contributed by atoms with van der Waals surface area (Å²) in [5.74, 6) is 0.463. The van der Waals surface area contributed by atoms with Gasteiger partial charge in [0.05, 0.1) is 10.6 Å². The number of halogens is 1. The number of ether oxygens (including phenoxy) is 1. The molecule has 3 N–H and O–H groups in total. The maximum absolute atomic E-state index is 13.6. The Labute approximate surface area is 241 Å². The Hall–Kier alpha value is -3.12. The molecule has 1 saturated carbocycles. The first-order valence-corrected chi connectivity index (χ1v) is 14.4. The van der Waals surface area contributed by atoms with Gasteiger partial charge in [0, 0.05) is 59.7 Å². The maximum atomic E-state index is 13.6. The summed E-state index contributed by atoms with van der Waals surface area (Å²) in [4.78, 5) is 28.3. The third-order valence-corrected chi connectivity index (χ3v) is 9.08. The molecule has 1 saturated heterocycles. The average Bonchev–Trinajstić information content (AvgIpc) is 3.24. The Morgan fingerprint density at radius 3 is 2.52 bits per heavy atom. The summed E-state index contributed by atoms with van der Waals surface area (Å²) in [5.41, 5.74) is 1.81. The molecule has 0 aromatic heterocycles. The molecule has 0 unspecified atom stereocenters. The number of amides is 2. The zero-order valence-electron chi connectivity index (χ0n) is 23.6. The zero-order valence-corrected chi connectivity index (χ0v) is 24.4. The van der Waals surface area contributed by atoms with Crippen LogP contribution in [-0.2, 0) is 6.54 Å². The second kappa shape index (κ2) is 11.0. The van der Waals surface area contributed by atoms with Gasteiger partial charge in [-0.3, -0.25) is 9.59 Å². The fraction of sp³-hybridized carbons (Fsp3) is 0.516. The molecule has 2 aromatic carbocycles. The van der Waals surface area contributed by atoms with Gasteiger partial charge in [-0.05, 0) is 61.8 Å². The number of benzene rings is 2. The summed E-state index contributed by atoms with van der Waals surface area (Å²) in [6, 6.07) is 13.0. The van der Waals surface area contributed by atoms with E-state index in [1.54, 1.807) is 30.3 Å². The molecule has 0 spiro atoms. The smallest absolute Gasteiger partial charge is 0.254 e. The Morgan fingerprint density at radius 2 is 1.85 bits per heavy atom. The number of hydrogen-bond donors (Lipinski definition) is 3. The molecule has 2 aromatic rings. The lowest BCUT2D eigenvalue weighted by atomic mass is 9.49. The van der Waals surface area contributed by atoms with E-state index in [0.717, 1.165) is 38.0 Å². The van der Waals surface area contributed by atoms with Gasteiger partial charge in [0.25, 0.3) is 11.8 Å². The lowest BCUT2D eigenvalue weighted by Gasteiger charge is -2.65. The van der Waals surface area contributed by atoms with Gasteiger partial charge >= 0.3 is 0 Å². The van der Waals surface area contributed by atoms with Crippen LogP contribution in [0.15, 0.2) is 36.4 Å². The number of piperidine rings is 1. The third-order valence-electron chi connectivity index (χ3n) is 8.77. The van der Waals surface area contributed by atoms with E-state index in [1.807, 2.05) is 11.0 Å². The standard InChI is InChI=1S/C31H38ClN5O3/c1-30(2)28(31(3,4)29(30)40-23-7-5-20(17-33)25(32)16-23)37-18-21-15-19(6-8-24(21)27(37)39)26(38)36-14-13-35-22-9-11-34-12-10-22/h5-8,15-16,22,28-29,34-35H,9-14,18H2,1-4H3,(H,36,38). The van der Waals surface area contributed by atoms with Crippen LogP contribution in [0.1, 0.15) is 72.4 Å². The van der Waals surface area contributed by atoms with E-state index in [-0.39, 0.29) is 34.8 Å². The predicted molar refractivity (Wildman–Crippen MR) is 154 cm³/mol. The predicted octanol–water partition coefficient (Wildman–Crippen LogP) is 4.12. The molecule has 2 aliphatic heterocycles. The number of carbonyl (C=O) groups excluding carboxylic acids is 2. The summed E-state index contributed by atoms with van der Waals surface area (Å²) in [7, 11) is 0. The number of nitrogens with one attached hydrogen (secondary N) is 3. The number of hydrogen-bond acceptors (Lipinski definition) is 6. The summed E-state index contributed by atoms with van der Waals surface area (Å²) >= 11 is 6.23. The molecular formula is C31H38ClN5O3. The average molecular weight is 564 g/mol. The highest BCUT2D eigenvalue weighted by molar-refractivity contribution is 6.31. The molecule has 8 nitrogen and oxygen atoms in total. The van der Waals surface area contributed by atoms with Gasteiger partial charge in [0.1, 0.15) is 17.9 Å². The first-order valence-electron chi connectivity index (χ1n) is 14.1. The number of fused-ring (bicyclic) bond motifs is 1. The van der Waals surface area contributed by atoms with Crippen LogP contribution in [0.4, 0.5) is 0 Å². The molecular weight excluding hydrogens is 526 g/mol. The minimum absolute atomic E-state index is 0.0147. The zero-order chi connectivity index (χ0) is 28.7. The molecule has 2 amide bonds. The van der Waals surface area contributed by atoms with Crippen molar-refractivity contribution in [3.05, 3.63) is 63.7 Å². The minimum Gasteiger partial charge on any atom is -0.489 e. The van der Waals surface area contributed by atoms with E-state index in [2.05, 4.69) is 49.7 Å². The minimum atomic E-state index is -0.344. The van der Waals surface area contributed by atoms with Gasteiger partial charge in [-0.2, -0.15) is 5.26 Å². The van der Waals surface area contributed by atoms with Crippen molar-refractivity contribution in [3.8, 4) is 11.8 Å². The Balaban J connectivity index is 1.22. The van der Waals surface area contributed by atoms with E-state index in [9.17, 15) is 14.9 Å². The van der Waals surface area contributed by atoms with Crippen LogP contribution in [0.25, 0.3) is 0 Å². The molecule has 0 radical (unpaired) electrons. The molecule has 3 aliphatic rings. The van der Waals surface area contributed by atoms with Crippen LogP contribution in [0.2, 0.25) is 5.02 Å². The molecule has 0 bridgehead atoms. The summed E-state index contributed by atoms with van der Waals surface area (Å²) in [6.45, 7) is 12.3. The van der Waals surface area contributed by atoms with Gasteiger partial charge < -0.3 is 25.6 Å². The monoisotopic (exact) mass is 563 g/mol. The SMILES string of the molecule is CC1(C)C(Oc2ccc(C#N)c(Cl)c2)C(C)(C)C1N1Cc2cc(C(=O)NCCNC3CCNCC3)ccc2C1=O. The van der Waals surface area contributed by atoms with Crippen molar-refractivity contribution in [1.29, 1.82) is 5.26 Å². The van der Waals surface area contributed by atoms with E-state index in [1.165, 1.54) is 0 Å². The Morgan fingerprint density at radius 1 is 1.12 bits per heavy atom. The van der Waals surface area contributed by atoms with Crippen LogP contribution < -0.4 is 20.7 Å². The molecule has 212 valence electrons. The third kappa shape index (κ3) is 5.18. The van der Waals surface area contributed by atoms with Gasteiger partial charge in [-0.25, -0.2) is 0 Å². The van der Waals surface area contributed by atoms with Crippen molar-refractivity contribution in [1.82, 2.24) is 20.9 Å². The van der Waals surface area contributed by atoms with E-state index in [4.69, 9.17) is 16.3 Å². The number of carbonyl (C=O) groups is 2. The quantitative estimate of drug-likeness (QED) is 0.417. The van der Waals surface area contributed by atoms with Crippen molar-refractivity contribution in [2.75, 3.05) is 26.2 Å². The summed E-state index contributed by atoms with van der Waals surface area (Å²) < 4.78 is 6.41. The van der Waals surface area contributed by atoms with E-state index < -0.39 is 0 Å². The van der Waals surface area contributed by atoms with Gasteiger partial charge in [0.2, 0.25) is 0 Å². The van der Waals surface area contributed by atoms with Crippen molar-refractivity contribution < 1.29 is 14.3 Å². The summed E-state index contributed by atoms with van der Waals surface area (Å²) in [5, 5.41) is 19.4. The fourth-order valence-electron chi connectivity index (χ4n) is 7.28.